The zero-order valence-electron chi connectivity index (χ0n) is 10.8. The number of morpholine rings is 1. The zero-order chi connectivity index (χ0) is 13.7. The van der Waals surface area contributed by atoms with Gasteiger partial charge >= 0.3 is 0 Å². The summed E-state index contributed by atoms with van der Waals surface area (Å²) < 4.78 is 5.31. The van der Waals surface area contributed by atoms with Gasteiger partial charge in [-0.25, -0.2) is 4.98 Å². The summed E-state index contributed by atoms with van der Waals surface area (Å²) >= 11 is 1.37. The van der Waals surface area contributed by atoms with Crippen molar-refractivity contribution in [2.75, 3.05) is 26.3 Å². The summed E-state index contributed by atoms with van der Waals surface area (Å²) in [7, 11) is 0. The van der Waals surface area contributed by atoms with Gasteiger partial charge in [-0.2, -0.15) is 0 Å². The molecule has 2 amide bonds. The van der Waals surface area contributed by atoms with E-state index < -0.39 is 6.04 Å². The first-order chi connectivity index (χ1) is 9.24. The highest BCUT2D eigenvalue weighted by atomic mass is 32.1. The van der Waals surface area contributed by atoms with Gasteiger partial charge in [0.05, 0.1) is 18.7 Å². The van der Waals surface area contributed by atoms with Gasteiger partial charge in [0.15, 0.2) is 0 Å². The molecule has 2 rings (SSSR count). The van der Waals surface area contributed by atoms with Crippen LogP contribution in [0, 0.1) is 0 Å². The summed E-state index contributed by atoms with van der Waals surface area (Å²) in [6, 6.07) is -0.561. The van der Waals surface area contributed by atoms with Crippen LogP contribution in [0.25, 0.3) is 0 Å². The average molecular weight is 283 g/mol. The number of carbonyl (C=O) groups is 2. The van der Waals surface area contributed by atoms with E-state index in [1.165, 1.54) is 11.3 Å². The molecule has 1 unspecified atom stereocenters. The van der Waals surface area contributed by atoms with Crippen molar-refractivity contribution in [3.63, 3.8) is 0 Å². The summed E-state index contributed by atoms with van der Waals surface area (Å²) in [4.78, 5) is 29.9. The minimum Gasteiger partial charge on any atom is -0.377 e. The maximum atomic E-state index is 12.3. The number of thiazole rings is 1. The third kappa shape index (κ3) is 3.30. The Morgan fingerprint density at radius 3 is 3.16 bits per heavy atom. The fourth-order valence-corrected chi connectivity index (χ4v) is 2.42. The smallest absolute Gasteiger partial charge is 0.274 e. The lowest BCUT2D eigenvalue weighted by Gasteiger charge is -2.34. The quantitative estimate of drug-likeness (QED) is 0.874. The topological polar surface area (TPSA) is 71.5 Å². The lowest BCUT2D eigenvalue weighted by molar-refractivity contribution is -0.130. The van der Waals surface area contributed by atoms with Crippen LogP contribution in [0.4, 0.5) is 0 Å². The number of nitrogens with zero attached hydrogens (tertiary/aromatic N) is 2. The summed E-state index contributed by atoms with van der Waals surface area (Å²) in [6.45, 7) is 3.70. The van der Waals surface area contributed by atoms with E-state index in [1.807, 2.05) is 6.92 Å². The second-order valence-corrected chi connectivity index (χ2v) is 4.97. The maximum absolute atomic E-state index is 12.3. The van der Waals surface area contributed by atoms with E-state index in [4.69, 9.17) is 4.74 Å². The molecule has 0 saturated carbocycles. The Bertz CT molecular complexity index is 435. The first-order valence-corrected chi connectivity index (χ1v) is 7.23. The van der Waals surface area contributed by atoms with Crippen LogP contribution in [0.1, 0.15) is 23.8 Å². The highest BCUT2D eigenvalue weighted by molar-refractivity contribution is 7.07. The molecule has 2 heterocycles. The van der Waals surface area contributed by atoms with Crippen molar-refractivity contribution >= 4 is 23.2 Å². The molecule has 7 heteroatoms. The zero-order valence-corrected chi connectivity index (χ0v) is 11.6. The normalized spacial score (nSPS) is 19.2. The number of carbonyl (C=O) groups excluding carboxylic acids is 2. The van der Waals surface area contributed by atoms with Crippen molar-refractivity contribution in [1.82, 2.24) is 15.2 Å². The lowest BCUT2D eigenvalue weighted by Crippen LogP contribution is -2.56. The molecule has 1 aromatic heterocycles. The molecule has 1 atom stereocenters. The SMILES string of the molecule is CCCNC(=O)C1COCCN1C(=O)c1cscn1. The van der Waals surface area contributed by atoms with Crippen molar-refractivity contribution in [1.29, 1.82) is 0 Å². The number of hydrogen-bond donors (Lipinski definition) is 1. The largest absolute Gasteiger partial charge is 0.377 e. The van der Waals surface area contributed by atoms with Crippen molar-refractivity contribution in [3.05, 3.63) is 16.6 Å². The van der Waals surface area contributed by atoms with Gasteiger partial charge in [0.25, 0.3) is 5.91 Å². The molecule has 1 N–H and O–H groups in total. The van der Waals surface area contributed by atoms with Crippen molar-refractivity contribution in [2.24, 2.45) is 0 Å². The molecule has 1 fully saturated rings. The number of aromatic nitrogens is 1. The lowest BCUT2D eigenvalue weighted by atomic mass is 10.2. The van der Waals surface area contributed by atoms with Crippen molar-refractivity contribution in [3.8, 4) is 0 Å². The van der Waals surface area contributed by atoms with Gasteiger partial charge in [0.1, 0.15) is 11.7 Å². The Kier molecular flexibility index (Phi) is 4.86. The Balaban J connectivity index is 2.07. The number of amides is 2. The van der Waals surface area contributed by atoms with Crippen LogP contribution >= 0.6 is 11.3 Å². The van der Waals surface area contributed by atoms with Gasteiger partial charge in [0, 0.05) is 18.5 Å². The molecule has 0 bridgehead atoms. The van der Waals surface area contributed by atoms with E-state index in [9.17, 15) is 9.59 Å². The summed E-state index contributed by atoms with van der Waals surface area (Å²) in [5.41, 5.74) is 2.00. The highest BCUT2D eigenvalue weighted by Crippen LogP contribution is 2.13. The van der Waals surface area contributed by atoms with Gasteiger partial charge in [-0.1, -0.05) is 6.92 Å². The van der Waals surface area contributed by atoms with Crippen LogP contribution < -0.4 is 5.32 Å². The molecule has 0 spiro atoms. The molecule has 0 aliphatic carbocycles. The predicted octanol–water partition coefficient (Wildman–Crippen LogP) is 0.510. The molecule has 0 radical (unpaired) electrons. The minimum atomic E-state index is -0.561. The average Bonchev–Trinajstić information content (AvgIpc) is 2.98. The van der Waals surface area contributed by atoms with Gasteiger partial charge in [-0.3, -0.25) is 9.59 Å². The molecule has 104 valence electrons. The standard InChI is InChI=1S/C12H17N3O3S/c1-2-3-13-11(16)10-6-18-5-4-15(10)12(17)9-7-19-8-14-9/h7-8,10H,2-6H2,1H3,(H,13,16). The summed E-state index contributed by atoms with van der Waals surface area (Å²) in [5, 5.41) is 4.49. The third-order valence-corrected chi connectivity index (χ3v) is 3.48. The first-order valence-electron chi connectivity index (χ1n) is 6.28. The molecule has 19 heavy (non-hydrogen) atoms. The fourth-order valence-electron chi connectivity index (χ4n) is 1.90. The van der Waals surface area contributed by atoms with Crippen LogP contribution in [0.2, 0.25) is 0 Å². The first kappa shape index (κ1) is 14.0. The molecule has 6 nitrogen and oxygen atoms in total. The van der Waals surface area contributed by atoms with E-state index in [2.05, 4.69) is 10.3 Å². The number of nitrogens with one attached hydrogen (secondary N) is 1. The minimum absolute atomic E-state index is 0.162. The molecule has 1 aromatic rings. The second kappa shape index (κ2) is 6.63. The molecule has 0 aromatic carbocycles. The predicted molar refractivity (Wildman–Crippen MR) is 71.1 cm³/mol. The fraction of sp³-hybridized carbons (Fsp3) is 0.583. The van der Waals surface area contributed by atoms with E-state index in [0.29, 0.717) is 25.4 Å². The van der Waals surface area contributed by atoms with Crippen molar-refractivity contribution < 1.29 is 14.3 Å². The van der Waals surface area contributed by atoms with Crippen LogP contribution in [0.3, 0.4) is 0 Å². The number of ether oxygens (including phenoxy) is 1. The van der Waals surface area contributed by atoms with Crippen LogP contribution in [-0.4, -0.2) is 54.0 Å². The van der Waals surface area contributed by atoms with E-state index >= 15 is 0 Å². The van der Waals surface area contributed by atoms with E-state index in [1.54, 1.807) is 15.8 Å². The monoisotopic (exact) mass is 283 g/mol. The van der Waals surface area contributed by atoms with Crippen LogP contribution in [0.15, 0.2) is 10.9 Å². The molecule has 1 aliphatic heterocycles. The van der Waals surface area contributed by atoms with Crippen LogP contribution in [0.5, 0.6) is 0 Å². The molecular weight excluding hydrogens is 266 g/mol. The Morgan fingerprint density at radius 2 is 2.47 bits per heavy atom. The highest BCUT2D eigenvalue weighted by Gasteiger charge is 2.33. The van der Waals surface area contributed by atoms with Gasteiger partial charge < -0.3 is 15.0 Å². The summed E-state index contributed by atoms with van der Waals surface area (Å²) in [6.07, 6.45) is 0.860. The Morgan fingerprint density at radius 1 is 1.63 bits per heavy atom. The van der Waals surface area contributed by atoms with Gasteiger partial charge in [0.2, 0.25) is 5.91 Å². The van der Waals surface area contributed by atoms with Crippen molar-refractivity contribution in [2.45, 2.75) is 19.4 Å². The number of rotatable bonds is 4. The third-order valence-electron chi connectivity index (χ3n) is 2.89. The Hall–Kier alpha value is -1.47. The number of hydrogen-bond acceptors (Lipinski definition) is 5. The van der Waals surface area contributed by atoms with Gasteiger partial charge in [-0.05, 0) is 6.42 Å². The van der Waals surface area contributed by atoms with Crippen LogP contribution in [-0.2, 0) is 9.53 Å². The van der Waals surface area contributed by atoms with Gasteiger partial charge in [-0.15, -0.1) is 11.3 Å². The Labute approximate surface area is 115 Å². The molecular formula is C12H17N3O3S. The van der Waals surface area contributed by atoms with E-state index in [0.717, 1.165) is 6.42 Å². The maximum Gasteiger partial charge on any atom is 0.274 e. The molecule has 1 saturated heterocycles. The second-order valence-electron chi connectivity index (χ2n) is 4.25. The molecule has 1 aliphatic rings. The summed E-state index contributed by atoms with van der Waals surface area (Å²) in [5.74, 6) is -0.369. The van der Waals surface area contributed by atoms with E-state index in [-0.39, 0.29) is 18.4 Å².